The van der Waals surface area contributed by atoms with Crippen molar-refractivity contribution in [3.05, 3.63) is 46.0 Å². The van der Waals surface area contributed by atoms with E-state index in [1.54, 1.807) is 12.1 Å². The Kier molecular flexibility index (Phi) is 3.18. The summed E-state index contributed by atoms with van der Waals surface area (Å²) >= 11 is 9.07. The number of nitrogens with zero attached hydrogens (tertiary/aromatic N) is 2. The Morgan fingerprint density at radius 3 is 2.53 bits per heavy atom. The fraction of sp³-hybridized carbons (Fsp3) is 0. The lowest BCUT2D eigenvalue weighted by Crippen LogP contribution is -1.95. The van der Waals surface area contributed by atoms with Crippen molar-refractivity contribution in [3.63, 3.8) is 0 Å². The Balaban J connectivity index is 2.22. The second kappa shape index (κ2) is 4.59. The Morgan fingerprint density at radius 1 is 1.07 bits per heavy atom. The number of aromatic nitrogens is 2. The van der Waals surface area contributed by atoms with Gasteiger partial charge in [-0.2, -0.15) is 0 Å². The van der Waals surface area contributed by atoms with Gasteiger partial charge in [-0.1, -0.05) is 23.7 Å². The van der Waals surface area contributed by atoms with Crippen LogP contribution in [0, 0.1) is 0 Å². The Hall–Kier alpha value is -1.13. The van der Waals surface area contributed by atoms with Crippen molar-refractivity contribution >= 4 is 39.0 Å². The summed E-state index contributed by atoms with van der Waals surface area (Å²) in [5, 5.41) is 11.1. The lowest BCUT2D eigenvalue weighted by Gasteiger charge is -2.06. The normalized spacial score (nSPS) is 10.0. The van der Waals surface area contributed by atoms with Crippen molar-refractivity contribution in [2.24, 2.45) is 0 Å². The largest absolute Gasteiger partial charge is 0.338 e. The molecule has 5 heteroatoms. The maximum absolute atomic E-state index is 5.64. The second-order valence-corrected chi connectivity index (χ2v) is 4.09. The number of benzene rings is 1. The zero-order valence-corrected chi connectivity index (χ0v) is 9.96. The molecule has 0 atom stereocenters. The molecule has 0 aliphatic carbocycles. The number of hydrogen-bond donors (Lipinski definition) is 1. The zero-order valence-electron chi connectivity index (χ0n) is 7.61. The van der Waals surface area contributed by atoms with Crippen molar-refractivity contribution in [2.45, 2.75) is 0 Å². The lowest BCUT2D eigenvalue weighted by atomic mass is 10.3. The predicted molar refractivity (Wildman–Crippen MR) is 64.5 cm³/mol. The highest BCUT2D eigenvalue weighted by Crippen LogP contribution is 2.24. The number of hydrogen-bond acceptors (Lipinski definition) is 3. The molecule has 0 saturated carbocycles. The van der Waals surface area contributed by atoms with Crippen molar-refractivity contribution in [3.8, 4) is 0 Å². The molecule has 3 nitrogen and oxygen atoms in total. The summed E-state index contributed by atoms with van der Waals surface area (Å²) in [4.78, 5) is 0. The first-order valence-electron chi connectivity index (χ1n) is 4.26. The molecule has 0 unspecified atom stereocenters. The van der Waals surface area contributed by atoms with Crippen molar-refractivity contribution < 1.29 is 0 Å². The van der Waals surface area contributed by atoms with Crippen LogP contribution in [0.2, 0.25) is 5.15 Å². The molecule has 1 N–H and O–H groups in total. The van der Waals surface area contributed by atoms with Crippen LogP contribution in [0.5, 0.6) is 0 Å². The van der Waals surface area contributed by atoms with Crippen LogP contribution in [0.1, 0.15) is 0 Å². The molecule has 1 aromatic heterocycles. The van der Waals surface area contributed by atoms with E-state index in [1.807, 2.05) is 24.3 Å². The fourth-order valence-corrected chi connectivity index (χ4v) is 1.57. The topological polar surface area (TPSA) is 37.8 Å². The predicted octanol–water partition coefficient (Wildman–Crippen LogP) is 3.64. The third kappa shape index (κ3) is 2.67. The van der Waals surface area contributed by atoms with E-state index in [1.165, 1.54) is 0 Å². The van der Waals surface area contributed by atoms with Crippen molar-refractivity contribution in [2.75, 3.05) is 5.32 Å². The van der Waals surface area contributed by atoms with Gasteiger partial charge in [0.1, 0.15) is 0 Å². The van der Waals surface area contributed by atoms with Gasteiger partial charge in [-0.3, -0.25) is 0 Å². The van der Waals surface area contributed by atoms with Gasteiger partial charge >= 0.3 is 0 Å². The standard InChI is InChI=1S/C10H7BrClN3/c11-7-3-1-2-4-8(7)13-10-6-5-9(12)14-15-10/h1-6H,(H,13,15). The Bertz CT molecular complexity index is 458. The SMILES string of the molecule is Clc1ccc(Nc2ccccc2Br)nn1. The number of para-hydroxylation sites is 1. The molecule has 2 aromatic rings. The van der Waals surface area contributed by atoms with Crippen LogP contribution in [0.3, 0.4) is 0 Å². The van der Waals surface area contributed by atoms with Gasteiger partial charge in [-0.15, -0.1) is 10.2 Å². The molecule has 1 aromatic carbocycles. The maximum atomic E-state index is 5.64. The van der Waals surface area contributed by atoms with Gasteiger partial charge in [0.15, 0.2) is 11.0 Å². The second-order valence-electron chi connectivity index (χ2n) is 2.85. The van der Waals surface area contributed by atoms with Crippen LogP contribution >= 0.6 is 27.5 Å². The summed E-state index contributed by atoms with van der Waals surface area (Å²) in [5.41, 5.74) is 0.939. The minimum atomic E-state index is 0.382. The van der Waals surface area contributed by atoms with Crippen molar-refractivity contribution in [1.29, 1.82) is 0 Å². The van der Waals surface area contributed by atoms with E-state index in [0.29, 0.717) is 11.0 Å². The summed E-state index contributed by atoms with van der Waals surface area (Å²) in [5.74, 6) is 0.659. The van der Waals surface area contributed by atoms with Gasteiger partial charge in [0.05, 0.1) is 5.69 Å². The first kappa shape index (κ1) is 10.4. The van der Waals surface area contributed by atoms with Crippen LogP contribution < -0.4 is 5.32 Å². The third-order valence-electron chi connectivity index (χ3n) is 1.77. The molecule has 0 aliphatic rings. The first-order chi connectivity index (χ1) is 7.25. The molecule has 76 valence electrons. The van der Waals surface area contributed by atoms with Gasteiger partial charge < -0.3 is 5.32 Å². The summed E-state index contributed by atoms with van der Waals surface area (Å²) in [6.45, 7) is 0. The number of halogens is 2. The minimum absolute atomic E-state index is 0.382. The average molecular weight is 285 g/mol. The summed E-state index contributed by atoms with van der Waals surface area (Å²) in [7, 11) is 0. The van der Waals surface area contributed by atoms with Crippen LogP contribution in [0.25, 0.3) is 0 Å². The molecule has 0 bridgehead atoms. The highest BCUT2D eigenvalue weighted by molar-refractivity contribution is 9.10. The molecule has 0 saturated heterocycles. The Labute approximate surface area is 101 Å². The summed E-state index contributed by atoms with van der Waals surface area (Å²) in [6.07, 6.45) is 0. The molecular weight excluding hydrogens is 277 g/mol. The quantitative estimate of drug-likeness (QED) is 0.915. The monoisotopic (exact) mass is 283 g/mol. The lowest BCUT2D eigenvalue weighted by molar-refractivity contribution is 1.04. The average Bonchev–Trinajstić information content (AvgIpc) is 2.25. The number of nitrogens with one attached hydrogen (secondary N) is 1. The molecule has 0 spiro atoms. The molecule has 1 heterocycles. The van der Waals surface area contributed by atoms with Crippen LogP contribution in [0.15, 0.2) is 40.9 Å². The van der Waals surface area contributed by atoms with E-state index >= 15 is 0 Å². The molecule has 2 rings (SSSR count). The summed E-state index contributed by atoms with van der Waals surface area (Å²) in [6, 6.07) is 11.2. The van der Waals surface area contributed by atoms with Gasteiger partial charge in [0, 0.05) is 4.47 Å². The third-order valence-corrected chi connectivity index (χ3v) is 2.66. The zero-order chi connectivity index (χ0) is 10.7. The van der Waals surface area contributed by atoms with Crippen LogP contribution in [-0.2, 0) is 0 Å². The van der Waals surface area contributed by atoms with E-state index in [0.717, 1.165) is 10.2 Å². The number of rotatable bonds is 2. The van der Waals surface area contributed by atoms with Gasteiger partial charge in [0.25, 0.3) is 0 Å². The van der Waals surface area contributed by atoms with E-state index in [-0.39, 0.29) is 0 Å². The van der Waals surface area contributed by atoms with Crippen molar-refractivity contribution in [1.82, 2.24) is 10.2 Å². The van der Waals surface area contributed by atoms with Crippen LogP contribution in [-0.4, -0.2) is 10.2 Å². The highest BCUT2D eigenvalue weighted by atomic mass is 79.9. The number of anilines is 2. The molecule has 0 amide bonds. The highest BCUT2D eigenvalue weighted by Gasteiger charge is 2.00. The molecule has 15 heavy (non-hydrogen) atoms. The molecule has 0 radical (unpaired) electrons. The minimum Gasteiger partial charge on any atom is -0.338 e. The van der Waals surface area contributed by atoms with Gasteiger partial charge in [-0.05, 0) is 40.2 Å². The van der Waals surface area contributed by atoms with E-state index in [2.05, 4.69) is 31.4 Å². The van der Waals surface area contributed by atoms with Crippen LogP contribution in [0.4, 0.5) is 11.5 Å². The van der Waals surface area contributed by atoms with Gasteiger partial charge in [-0.25, -0.2) is 0 Å². The molecular formula is C10H7BrClN3. The van der Waals surface area contributed by atoms with E-state index < -0.39 is 0 Å². The maximum Gasteiger partial charge on any atom is 0.153 e. The smallest absolute Gasteiger partial charge is 0.153 e. The van der Waals surface area contributed by atoms with E-state index in [9.17, 15) is 0 Å². The Morgan fingerprint density at radius 2 is 1.87 bits per heavy atom. The molecule has 0 fully saturated rings. The fourth-order valence-electron chi connectivity index (χ4n) is 1.08. The summed E-state index contributed by atoms with van der Waals surface area (Å²) < 4.78 is 0.974. The van der Waals surface area contributed by atoms with Gasteiger partial charge in [0.2, 0.25) is 0 Å². The molecule has 0 aliphatic heterocycles. The first-order valence-corrected chi connectivity index (χ1v) is 5.43. The van der Waals surface area contributed by atoms with E-state index in [4.69, 9.17) is 11.6 Å².